The van der Waals surface area contributed by atoms with Gasteiger partial charge in [-0.3, -0.25) is 4.90 Å². The molecule has 2 aliphatic rings. The first kappa shape index (κ1) is 15.6. The zero-order valence-corrected chi connectivity index (χ0v) is 13.8. The monoisotopic (exact) mass is 323 g/mol. The van der Waals surface area contributed by atoms with E-state index in [2.05, 4.69) is 17.3 Å². The number of likely N-dealkylation sites (tertiary alicyclic amines) is 1. The maximum absolute atomic E-state index is 13.8. The Labute approximate surface area is 135 Å². The molecule has 2 unspecified atom stereocenters. The number of anilines is 1. The van der Waals surface area contributed by atoms with Crippen LogP contribution in [0.2, 0.25) is 0 Å². The van der Waals surface area contributed by atoms with E-state index in [9.17, 15) is 9.18 Å². The lowest BCUT2D eigenvalue weighted by molar-refractivity contribution is 0.200. The predicted molar refractivity (Wildman–Crippen MR) is 88.0 cm³/mol. The number of rotatable bonds is 2. The summed E-state index contributed by atoms with van der Waals surface area (Å²) in [6.07, 6.45) is 5.24. The van der Waals surface area contributed by atoms with Gasteiger partial charge in [-0.15, -0.1) is 11.8 Å². The average molecular weight is 323 g/mol. The highest BCUT2D eigenvalue weighted by molar-refractivity contribution is 7.98. The fraction of sp³-hybridized carbons (Fsp3) is 0.562. The van der Waals surface area contributed by atoms with Gasteiger partial charge in [0.2, 0.25) is 0 Å². The Bertz CT molecular complexity index is 568. The lowest BCUT2D eigenvalue weighted by Crippen LogP contribution is -2.41. The molecular formula is C16H22FN3OS. The molecule has 0 aromatic heterocycles. The molecule has 0 spiro atoms. The summed E-state index contributed by atoms with van der Waals surface area (Å²) in [7, 11) is 2.15. The number of carbonyl (C=O) groups excluding carboxylic acids is 1. The Morgan fingerprint density at radius 3 is 2.82 bits per heavy atom. The van der Waals surface area contributed by atoms with Crippen molar-refractivity contribution in [3.63, 3.8) is 0 Å². The van der Waals surface area contributed by atoms with E-state index in [-0.39, 0.29) is 11.8 Å². The van der Waals surface area contributed by atoms with Crippen molar-refractivity contribution < 1.29 is 9.18 Å². The van der Waals surface area contributed by atoms with E-state index in [4.69, 9.17) is 0 Å². The smallest absolute Gasteiger partial charge is 0.321 e. The fourth-order valence-electron chi connectivity index (χ4n) is 3.44. The molecule has 2 saturated heterocycles. The standard InChI is InChI=1S/C16H22FN3OS/c1-19-12-4-5-13(19)10-20(8-7-12)16(21)18-11-3-6-15(22-2)14(17)9-11/h3,6,9,12-13H,4-5,7-8,10H2,1-2H3,(H,18,21). The molecule has 0 saturated carbocycles. The van der Waals surface area contributed by atoms with E-state index in [1.54, 1.807) is 12.1 Å². The number of hydrogen-bond donors (Lipinski definition) is 1. The molecule has 2 fully saturated rings. The van der Waals surface area contributed by atoms with Crippen LogP contribution in [-0.4, -0.2) is 54.3 Å². The summed E-state index contributed by atoms with van der Waals surface area (Å²) in [4.78, 5) is 17.3. The normalized spacial score (nSPS) is 25.1. The van der Waals surface area contributed by atoms with Gasteiger partial charge < -0.3 is 10.2 Å². The number of nitrogens with one attached hydrogen (secondary N) is 1. The second-order valence-corrected chi connectivity index (χ2v) is 6.91. The number of urea groups is 1. The van der Waals surface area contributed by atoms with Crippen LogP contribution in [0.5, 0.6) is 0 Å². The van der Waals surface area contributed by atoms with E-state index in [0.717, 1.165) is 25.9 Å². The third-order valence-electron chi connectivity index (χ3n) is 4.84. The highest BCUT2D eigenvalue weighted by Crippen LogP contribution is 2.29. The summed E-state index contributed by atoms with van der Waals surface area (Å²) in [5.41, 5.74) is 0.517. The van der Waals surface area contributed by atoms with Gasteiger partial charge in [0.25, 0.3) is 0 Å². The van der Waals surface area contributed by atoms with Crippen molar-refractivity contribution in [3.05, 3.63) is 24.0 Å². The first-order valence-electron chi connectivity index (χ1n) is 7.70. The van der Waals surface area contributed by atoms with Crippen molar-refractivity contribution in [3.8, 4) is 0 Å². The van der Waals surface area contributed by atoms with Crippen LogP contribution in [0, 0.1) is 5.82 Å². The van der Waals surface area contributed by atoms with Gasteiger partial charge in [0.1, 0.15) is 5.82 Å². The summed E-state index contributed by atoms with van der Waals surface area (Å²) >= 11 is 1.36. The zero-order chi connectivity index (χ0) is 15.7. The summed E-state index contributed by atoms with van der Waals surface area (Å²) in [5, 5.41) is 2.83. The van der Waals surface area contributed by atoms with Crippen LogP contribution in [0.4, 0.5) is 14.9 Å². The van der Waals surface area contributed by atoms with Gasteiger partial charge in [0.15, 0.2) is 0 Å². The van der Waals surface area contributed by atoms with Crippen molar-refractivity contribution in [2.45, 2.75) is 36.2 Å². The van der Waals surface area contributed by atoms with Crippen molar-refractivity contribution in [1.82, 2.24) is 9.80 Å². The molecule has 1 N–H and O–H groups in total. The summed E-state index contributed by atoms with van der Waals surface area (Å²) in [5.74, 6) is -0.292. The number of likely N-dealkylation sites (N-methyl/N-ethyl adjacent to an activating group) is 1. The quantitative estimate of drug-likeness (QED) is 0.849. The molecular weight excluding hydrogens is 301 g/mol. The Morgan fingerprint density at radius 2 is 2.09 bits per heavy atom. The molecule has 1 aromatic carbocycles. The maximum Gasteiger partial charge on any atom is 0.321 e. The van der Waals surface area contributed by atoms with E-state index in [1.807, 2.05) is 11.2 Å². The number of amides is 2. The van der Waals surface area contributed by atoms with E-state index in [0.29, 0.717) is 22.7 Å². The molecule has 3 rings (SSSR count). The molecule has 0 radical (unpaired) electrons. The van der Waals surface area contributed by atoms with Gasteiger partial charge in [0.05, 0.1) is 0 Å². The number of nitrogens with zero attached hydrogens (tertiary/aromatic N) is 2. The van der Waals surface area contributed by atoms with Crippen LogP contribution < -0.4 is 5.32 Å². The summed E-state index contributed by atoms with van der Waals surface area (Å²) in [6.45, 7) is 1.52. The predicted octanol–water partition coefficient (Wildman–Crippen LogP) is 3.25. The Hall–Kier alpha value is -1.27. The van der Waals surface area contributed by atoms with Crippen molar-refractivity contribution >= 4 is 23.5 Å². The van der Waals surface area contributed by atoms with Gasteiger partial charge in [-0.2, -0.15) is 0 Å². The van der Waals surface area contributed by atoms with E-state index < -0.39 is 0 Å². The molecule has 22 heavy (non-hydrogen) atoms. The van der Waals surface area contributed by atoms with Crippen molar-refractivity contribution in [2.24, 2.45) is 0 Å². The highest BCUT2D eigenvalue weighted by Gasteiger charge is 2.35. The maximum atomic E-state index is 13.8. The number of fused-ring (bicyclic) bond motifs is 2. The number of hydrogen-bond acceptors (Lipinski definition) is 3. The van der Waals surface area contributed by atoms with Crippen LogP contribution >= 0.6 is 11.8 Å². The second-order valence-electron chi connectivity index (χ2n) is 6.06. The average Bonchev–Trinajstić information content (AvgIpc) is 2.72. The number of benzene rings is 1. The molecule has 2 amide bonds. The van der Waals surface area contributed by atoms with Gasteiger partial charge in [-0.05, 0) is 50.8 Å². The molecule has 6 heteroatoms. The first-order valence-corrected chi connectivity index (χ1v) is 8.92. The SMILES string of the molecule is CSc1ccc(NC(=O)N2CCC3CCC(C2)N3C)cc1F. The molecule has 2 heterocycles. The zero-order valence-electron chi connectivity index (χ0n) is 13.0. The minimum atomic E-state index is -0.292. The van der Waals surface area contributed by atoms with Gasteiger partial charge in [-0.1, -0.05) is 0 Å². The molecule has 0 aliphatic carbocycles. The van der Waals surface area contributed by atoms with E-state index >= 15 is 0 Å². The Kier molecular flexibility index (Phi) is 4.59. The molecule has 120 valence electrons. The van der Waals surface area contributed by atoms with Crippen LogP contribution in [0.15, 0.2) is 23.1 Å². The first-order chi connectivity index (χ1) is 10.6. The van der Waals surface area contributed by atoms with Crippen LogP contribution in [-0.2, 0) is 0 Å². The Balaban J connectivity index is 1.65. The molecule has 4 nitrogen and oxygen atoms in total. The summed E-state index contributed by atoms with van der Waals surface area (Å²) < 4.78 is 13.8. The fourth-order valence-corrected chi connectivity index (χ4v) is 3.90. The van der Waals surface area contributed by atoms with Crippen LogP contribution in [0.3, 0.4) is 0 Å². The van der Waals surface area contributed by atoms with Crippen molar-refractivity contribution in [1.29, 1.82) is 0 Å². The van der Waals surface area contributed by atoms with Crippen LogP contribution in [0.25, 0.3) is 0 Å². The minimum absolute atomic E-state index is 0.128. The topological polar surface area (TPSA) is 35.6 Å². The lowest BCUT2D eigenvalue weighted by atomic mass is 10.1. The van der Waals surface area contributed by atoms with Crippen LogP contribution in [0.1, 0.15) is 19.3 Å². The van der Waals surface area contributed by atoms with Gasteiger partial charge >= 0.3 is 6.03 Å². The van der Waals surface area contributed by atoms with Gasteiger partial charge in [-0.25, -0.2) is 9.18 Å². The number of thioether (sulfide) groups is 1. The summed E-state index contributed by atoms with van der Waals surface area (Å²) in [6, 6.07) is 5.77. The second kappa shape index (κ2) is 6.46. The lowest BCUT2D eigenvalue weighted by Gasteiger charge is -2.26. The third-order valence-corrected chi connectivity index (χ3v) is 5.61. The number of halogens is 1. The minimum Gasteiger partial charge on any atom is -0.323 e. The van der Waals surface area contributed by atoms with E-state index in [1.165, 1.54) is 24.2 Å². The van der Waals surface area contributed by atoms with Crippen molar-refractivity contribution in [2.75, 3.05) is 31.7 Å². The molecule has 2 bridgehead atoms. The number of carbonyl (C=O) groups is 1. The molecule has 2 aliphatic heterocycles. The highest BCUT2D eigenvalue weighted by atomic mass is 32.2. The largest absolute Gasteiger partial charge is 0.323 e. The molecule has 2 atom stereocenters. The van der Waals surface area contributed by atoms with Gasteiger partial charge in [0, 0.05) is 35.8 Å². The Morgan fingerprint density at radius 1 is 1.32 bits per heavy atom. The third kappa shape index (κ3) is 3.08. The molecule has 1 aromatic rings.